The Labute approximate surface area is 95.8 Å². The standard InChI is InChI=1S/C11H11F3O3/c1-3-17-9-5-7(11(12,13)14)4-8(6(2)15)10(9)16/h4-5,16H,3H2,1-2H3. The fraction of sp³-hybridized carbons (Fsp3) is 0.364. The van der Waals surface area contributed by atoms with E-state index in [4.69, 9.17) is 4.74 Å². The van der Waals surface area contributed by atoms with E-state index in [0.717, 1.165) is 6.92 Å². The van der Waals surface area contributed by atoms with Crippen LogP contribution in [0.5, 0.6) is 11.5 Å². The summed E-state index contributed by atoms with van der Waals surface area (Å²) in [5.41, 5.74) is -1.42. The van der Waals surface area contributed by atoms with Crippen molar-refractivity contribution in [3.8, 4) is 11.5 Å². The van der Waals surface area contributed by atoms with Gasteiger partial charge in [-0.25, -0.2) is 0 Å². The Kier molecular flexibility index (Phi) is 3.65. The number of benzene rings is 1. The van der Waals surface area contributed by atoms with Crippen LogP contribution < -0.4 is 4.74 Å². The zero-order valence-corrected chi connectivity index (χ0v) is 9.26. The van der Waals surface area contributed by atoms with Gasteiger partial charge in [0.05, 0.1) is 17.7 Å². The minimum atomic E-state index is -4.59. The molecule has 1 N–H and O–H groups in total. The number of rotatable bonds is 3. The monoisotopic (exact) mass is 248 g/mol. The van der Waals surface area contributed by atoms with Gasteiger partial charge in [-0.05, 0) is 26.0 Å². The van der Waals surface area contributed by atoms with Crippen LogP contribution in [0.1, 0.15) is 29.8 Å². The Morgan fingerprint density at radius 1 is 1.41 bits per heavy atom. The largest absolute Gasteiger partial charge is 0.504 e. The van der Waals surface area contributed by atoms with Crippen molar-refractivity contribution < 1.29 is 27.8 Å². The Bertz CT molecular complexity index is 438. The van der Waals surface area contributed by atoms with Gasteiger partial charge in [0, 0.05) is 0 Å². The molecule has 1 aromatic carbocycles. The first-order chi connectivity index (χ1) is 7.77. The molecule has 6 heteroatoms. The van der Waals surface area contributed by atoms with Crippen molar-refractivity contribution in [1.82, 2.24) is 0 Å². The number of hydrogen-bond acceptors (Lipinski definition) is 3. The van der Waals surface area contributed by atoms with Crippen LogP contribution in [0.15, 0.2) is 12.1 Å². The predicted molar refractivity (Wildman–Crippen MR) is 54.3 cm³/mol. The number of hydrogen-bond donors (Lipinski definition) is 1. The van der Waals surface area contributed by atoms with Gasteiger partial charge in [0.25, 0.3) is 0 Å². The lowest BCUT2D eigenvalue weighted by atomic mass is 10.1. The maximum absolute atomic E-state index is 12.5. The van der Waals surface area contributed by atoms with Crippen molar-refractivity contribution in [3.63, 3.8) is 0 Å². The molecule has 1 rings (SSSR count). The number of ketones is 1. The van der Waals surface area contributed by atoms with Gasteiger partial charge in [-0.1, -0.05) is 0 Å². The second-order valence-corrected chi connectivity index (χ2v) is 3.36. The van der Waals surface area contributed by atoms with E-state index in [1.807, 2.05) is 0 Å². The van der Waals surface area contributed by atoms with E-state index >= 15 is 0 Å². The van der Waals surface area contributed by atoms with Crippen LogP contribution in [-0.2, 0) is 6.18 Å². The summed E-state index contributed by atoms with van der Waals surface area (Å²) in [5, 5.41) is 9.57. The third-order valence-electron chi connectivity index (χ3n) is 2.08. The van der Waals surface area contributed by atoms with E-state index in [2.05, 4.69) is 0 Å². The van der Waals surface area contributed by atoms with Crippen LogP contribution in [0.3, 0.4) is 0 Å². The lowest BCUT2D eigenvalue weighted by Gasteiger charge is -2.13. The van der Waals surface area contributed by atoms with E-state index in [0.29, 0.717) is 12.1 Å². The number of halogens is 3. The first-order valence-corrected chi connectivity index (χ1v) is 4.85. The average Bonchev–Trinajstić information content (AvgIpc) is 2.19. The normalized spacial score (nSPS) is 11.4. The SMILES string of the molecule is CCOc1cc(C(F)(F)F)cc(C(C)=O)c1O. The third-order valence-corrected chi connectivity index (χ3v) is 2.08. The predicted octanol–water partition coefficient (Wildman–Crippen LogP) is 3.01. The van der Waals surface area contributed by atoms with Crippen LogP contribution in [-0.4, -0.2) is 17.5 Å². The Morgan fingerprint density at radius 3 is 2.41 bits per heavy atom. The van der Waals surface area contributed by atoms with E-state index in [-0.39, 0.29) is 12.4 Å². The van der Waals surface area contributed by atoms with E-state index in [1.165, 1.54) is 0 Å². The lowest BCUT2D eigenvalue weighted by Crippen LogP contribution is -2.08. The molecule has 0 saturated carbocycles. The van der Waals surface area contributed by atoms with Crippen molar-refractivity contribution in [2.45, 2.75) is 20.0 Å². The fourth-order valence-electron chi connectivity index (χ4n) is 1.31. The van der Waals surface area contributed by atoms with Gasteiger partial charge in [0.15, 0.2) is 17.3 Å². The molecule has 0 aromatic heterocycles. The van der Waals surface area contributed by atoms with Crippen molar-refractivity contribution in [3.05, 3.63) is 23.3 Å². The lowest BCUT2D eigenvalue weighted by molar-refractivity contribution is -0.137. The quantitative estimate of drug-likeness (QED) is 0.836. The number of phenols is 1. The van der Waals surface area contributed by atoms with Gasteiger partial charge in [-0.15, -0.1) is 0 Å². The molecule has 0 radical (unpaired) electrons. The molecule has 0 spiro atoms. The number of aromatic hydroxyl groups is 1. The van der Waals surface area contributed by atoms with Gasteiger partial charge >= 0.3 is 6.18 Å². The smallest absolute Gasteiger partial charge is 0.416 e. The summed E-state index contributed by atoms with van der Waals surface area (Å²) in [6.07, 6.45) is -4.59. The zero-order chi connectivity index (χ0) is 13.2. The van der Waals surface area contributed by atoms with E-state index in [1.54, 1.807) is 6.92 Å². The molecule has 0 unspecified atom stereocenters. The minimum absolute atomic E-state index is 0.0895. The molecular formula is C11H11F3O3. The molecule has 0 aliphatic heterocycles. The summed E-state index contributed by atoms with van der Waals surface area (Å²) < 4.78 is 42.5. The average molecular weight is 248 g/mol. The van der Waals surface area contributed by atoms with Crippen LogP contribution in [0.4, 0.5) is 13.2 Å². The summed E-state index contributed by atoms with van der Waals surface area (Å²) >= 11 is 0. The topological polar surface area (TPSA) is 46.5 Å². The fourth-order valence-corrected chi connectivity index (χ4v) is 1.31. The van der Waals surface area contributed by atoms with Crippen molar-refractivity contribution in [2.24, 2.45) is 0 Å². The van der Waals surface area contributed by atoms with Crippen LogP contribution in [0.2, 0.25) is 0 Å². The second-order valence-electron chi connectivity index (χ2n) is 3.36. The Hall–Kier alpha value is -1.72. The molecule has 0 saturated heterocycles. The molecule has 0 fully saturated rings. The van der Waals surface area contributed by atoms with Crippen LogP contribution in [0.25, 0.3) is 0 Å². The molecule has 0 aliphatic carbocycles. The first kappa shape index (κ1) is 13.3. The Morgan fingerprint density at radius 2 is 2.00 bits per heavy atom. The highest BCUT2D eigenvalue weighted by Crippen LogP contribution is 2.38. The number of carbonyl (C=O) groups excluding carboxylic acids is 1. The highest BCUT2D eigenvalue weighted by molar-refractivity contribution is 5.97. The van der Waals surface area contributed by atoms with Gasteiger partial charge in [0.1, 0.15) is 0 Å². The summed E-state index contributed by atoms with van der Waals surface area (Å²) in [7, 11) is 0. The summed E-state index contributed by atoms with van der Waals surface area (Å²) in [4.78, 5) is 11.1. The highest BCUT2D eigenvalue weighted by Gasteiger charge is 2.33. The summed E-state index contributed by atoms with van der Waals surface area (Å²) in [6, 6.07) is 1.28. The molecule has 0 aliphatic rings. The molecule has 0 atom stereocenters. The molecule has 0 heterocycles. The maximum Gasteiger partial charge on any atom is 0.416 e. The highest BCUT2D eigenvalue weighted by atomic mass is 19.4. The number of carbonyl (C=O) groups is 1. The molecule has 17 heavy (non-hydrogen) atoms. The summed E-state index contributed by atoms with van der Waals surface area (Å²) in [6.45, 7) is 2.73. The van der Waals surface area contributed by atoms with Gasteiger partial charge in [-0.2, -0.15) is 13.2 Å². The molecule has 0 amide bonds. The van der Waals surface area contributed by atoms with Crippen LogP contribution in [0, 0.1) is 0 Å². The van der Waals surface area contributed by atoms with Crippen molar-refractivity contribution >= 4 is 5.78 Å². The number of ether oxygens (including phenoxy) is 1. The molecule has 3 nitrogen and oxygen atoms in total. The molecule has 1 aromatic rings. The minimum Gasteiger partial charge on any atom is -0.504 e. The summed E-state index contributed by atoms with van der Waals surface area (Å²) in [5.74, 6) is -1.56. The van der Waals surface area contributed by atoms with E-state index < -0.39 is 28.8 Å². The molecule has 94 valence electrons. The molecule has 0 bridgehead atoms. The molecular weight excluding hydrogens is 237 g/mol. The van der Waals surface area contributed by atoms with Gasteiger partial charge < -0.3 is 9.84 Å². The van der Waals surface area contributed by atoms with Crippen molar-refractivity contribution in [1.29, 1.82) is 0 Å². The number of alkyl halides is 3. The third kappa shape index (κ3) is 2.89. The maximum atomic E-state index is 12.5. The van der Waals surface area contributed by atoms with E-state index in [9.17, 15) is 23.1 Å². The second kappa shape index (κ2) is 4.65. The van der Waals surface area contributed by atoms with Gasteiger partial charge in [0.2, 0.25) is 0 Å². The van der Waals surface area contributed by atoms with Crippen molar-refractivity contribution in [2.75, 3.05) is 6.61 Å². The van der Waals surface area contributed by atoms with Crippen LogP contribution >= 0.6 is 0 Å². The Balaban J connectivity index is 3.42. The first-order valence-electron chi connectivity index (χ1n) is 4.85. The van der Waals surface area contributed by atoms with Gasteiger partial charge in [-0.3, -0.25) is 4.79 Å². The number of phenolic OH excluding ortho intramolecular Hbond substituents is 1. The number of Topliss-reactive ketones (excluding diaryl/α,β-unsaturated/α-hetero) is 1. The zero-order valence-electron chi connectivity index (χ0n) is 9.26.